The minimum Gasteiger partial charge on any atom is -0.434 e. The van der Waals surface area contributed by atoms with Gasteiger partial charge in [-0.2, -0.15) is 0 Å². The quantitative estimate of drug-likeness (QED) is 0.668. The highest BCUT2D eigenvalue weighted by molar-refractivity contribution is 9.10. The Morgan fingerprint density at radius 2 is 2.05 bits per heavy atom. The normalized spacial score (nSPS) is 10.3. The maximum Gasteiger partial charge on any atom is 0.332 e. The number of halogens is 1. The lowest BCUT2D eigenvalue weighted by Crippen LogP contribution is -1.96. The topological polar surface area (TPSA) is 85.5 Å². The molecule has 0 spiro atoms. The fraction of sp³-hybridized carbons (Fsp3) is 0.154. The van der Waals surface area contributed by atoms with Gasteiger partial charge in [0.15, 0.2) is 0 Å². The Morgan fingerprint density at radius 1 is 1.35 bits per heavy atom. The van der Waals surface area contributed by atoms with Crippen LogP contribution in [0.5, 0.6) is 11.6 Å². The third kappa shape index (κ3) is 3.52. The molecular weight excluding hydrogens is 328 g/mol. The van der Waals surface area contributed by atoms with Crippen molar-refractivity contribution in [2.45, 2.75) is 6.42 Å². The van der Waals surface area contributed by atoms with E-state index in [4.69, 9.17) is 9.84 Å². The number of pyridine rings is 1. The van der Waals surface area contributed by atoms with Crippen molar-refractivity contribution in [3.8, 4) is 11.6 Å². The smallest absolute Gasteiger partial charge is 0.332 e. The van der Waals surface area contributed by atoms with Gasteiger partial charge in [0.1, 0.15) is 5.75 Å². The van der Waals surface area contributed by atoms with E-state index in [2.05, 4.69) is 20.9 Å². The van der Waals surface area contributed by atoms with Crippen LogP contribution in [0.4, 0.5) is 5.69 Å². The van der Waals surface area contributed by atoms with Gasteiger partial charge in [0, 0.05) is 23.3 Å². The molecule has 0 fully saturated rings. The second-order valence-corrected chi connectivity index (χ2v) is 4.87. The summed E-state index contributed by atoms with van der Waals surface area (Å²) in [6, 6.07) is 8.27. The van der Waals surface area contributed by atoms with Crippen LogP contribution in [-0.4, -0.2) is 21.6 Å². The summed E-state index contributed by atoms with van der Waals surface area (Å²) in [5.41, 5.74) is 0.747. The lowest BCUT2D eigenvalue weighted by molar-refractivity contribution is -0.386. The highest BCUT2D eigenvalue weighted by atomic mass is 79.9. The number of hydrogen-bond donors (Lipinski definition) is 1. The minimum absolute atomic E-state index is 0.0619. The molecule has 0 bridgehead atoms. The predicted octanol–water partition coefficient (Wildman–Crippen LogP) is 3.08. The maximum atomic E-state index is 10.9. The summed E-state index contributed by atoms with van der Waals surface area (Å²) in [7, 11) is 0. The Labute approximate surface area is 123 Å². The molecule has 0 aliphatic carbocycles. The summed E-state index contributed by atoms with van der Waals surface area (Å²) in [5, 5.41) is 19.8. The van der Waals surface area contributed by atoms with Gasteiger partial charge < -0.3 is 9.84 Å². The number of rotatable bonds is 5. The Hall–Kier alpha value is -1.99. The molecule has 1 aromatic heterocycles. The molecule has 20 heavy (non-hydrogen) atoms. The SMILES string of the molecule is O=[N+]([O-])c1cc(Br)cnc1Oc1ccc(CCO)cc1. The number of ether oxygens (including phenoxy) is 1. The first-order valence-electron chi connectivity index (χ1n) is 5.77. The van der Waals surface area contributed by atoms with Gasteiger partial charge in [-0.3, -0.25) is 10.1 Å². The molecule has 104 valence electrons. The monoisotopic (exact) mass is 338 g/mol. The van der Waals surface area contributed by atoms with Gasteiger partial charge in [-0.05, 0) is 40.0 Å². The van der Waals surface area contributed by atoms with Gasteiger partial charge >= 0.3 is 5.69 Å². The highest BCUT2D eigenvalue weighted by Crippen LogP contribution is 2.31. The molecule has 6 nitrogen and oxygen atoms in total. The number of hydrogen-bond acceptors (Lipinski definition) is 5. The zero-order valence-corrected chi connectivity index (χ0v) is 11.9. The lowest BCUT2D eigenvalue weighted by Gasteiger charge is -2.06. The Morgan fingerprint density at radius 3 is 2.65 bits per heavy atom. The predicted molar refractivity (Wildman–Crippen MR) is 75.9 cm³/mol. The molecule has 0 amide bonds. The van der Waals surface area contributed by atoms with E-state index in [9.17, 15) is 10.1 Å². The second kappa shape index (κ2) is 6.44. The standard InChI is InChI=1S/C13H11BrN2O4/c14-10-7-12(16(18)19)13(15-8-10)20-11-3-1-9(2-4-11)5-6-17/h1-4,7-8,17H,5-6H2. The van der Waals surface area contributed by atoms with Gasteiger partial charge in [-0.25, -0.2) is 4.98 Å². The molecule has 0 aliphatic heterocycles. The van der Waals surface area contributed by atoms with Crippen molar-refractivity contribution >= 4 is 21.6 Å². The fourth-order valence-electron chi connectivity index (χ4n) is 1.59. The first-order valence-corrected chi connectivity index (χ1v) is 6.57. The molecule has 0 atom stereocenters. The van der Waals surface area contributed by atoms with Crippen LogP contribution < -0.4 is 4.74 Å². The molecule has 1 heterocycles. The van der Waals surface area contributed by atoms with E-state index < -0.39 is 4.92 Å². The Kier molecular flexibility index (Phi) is 4.65. The van der Waals surface area contributed by atoms with Crippen LogP contribution in [-0.2, 0) is 6.42 Å². The molecule has 0 radical (unpaired) electrons. The first-order chi connectivity index (χ1) is 9.60. The Bertz CT molecular complexity index is 616. The summed E-state index contributed by atoms with van der Waals surface area (Å²) in [5.74, 6) is 0.387. The number of benzene rings is 1. The molecule has 7 heteroatoms. The molecule has 1 aromatic carbocycles. The van der Waals surface area contributed by atoms with E-state index in [1.54, 1.807) is 24.3 Å². The second-order valence-electron chi connectivity index (χ2n) is 3.95. The van der Waals surface area contributed by atoms with Gasteiger partial charge in [-0.15, -0.1) is 0 Å². The van der Waals surface area contributed by atoms with Crippen LogP contribution in [0.3, 0.4) is 0 Å². The first kappa shape index (κ1) is 14.4. The van der Waals surface area contributed by atoms with Crippen LogP contribution in [0.2, 0.25) is 0 Å². The van der Waals surface area contributed by atoms with E-state index in [1.165, 1.54) is 12.3 Å². The largest absolute Gasteiger partial charge is 0.434 e. The van der Waals surface area contributed by atoms with Crippen LogP contribution >= 0.6 is 15.9 Å². The Balaban J connectivity index is 2.23. The number of nitro groups is 1. The molecule has 0 unspecified atom stereocenters. The summed E-state index contributed by atoms with van der Waals surface area (Å²) in [6.07, 6.45) is 1.99. The lowest BCUT2D eigenvalue weighted by atomic mass is 10.1. The van der Waals surface area contributed by atoms with Gasteiger partial charge in [-0.1, -0.05) is 12.1 Å². The van der Waals surface area contributed by atoms with Crippen molar-refractivity contribution in [2.75, 3.05) is 6.61 Å². The van der Waals surface area contributed by atoms with Crippen molar-refractivity contribution in [2.24, 2.45) is 0 Å². The van der Waals surface area contributed by atoms with Crippen molar-refractivity contribution in [3.63, 3.8) is 0 Å². The van der Waals surface area contributed by atoms with Crippen molar-refractivity contribution in [1.82, 2.24) is 4.98 Å². The number of aliphatic hydroxyl groups excluding tert-OH is 1. The average molecular weight is 339 g/mol. The number of nitrogens with zero attached hydrogens (tertiary/aromatic N) is 2. The van der Waals surface area contributed by atoms with E-state index in [-0.39, 0.29) is 18.2 Å². The number of aliphatic hydroxyl groups is 1. The van der Waals surface area contributed by atoms with Crippen LogP contribution in [0.15, 0.2) is 41.0 Å². The third-order valence-electron chi connectivity index (χ3n) is 2.53. The van der Waals surface area contributed by atoms with Crippen molar-refractivity contribution in [3.05, 3.63) is 56.7 Å². The van der Waals surface area contributed by atoms with Crippen LogP contribution in [0.1, 0.15) is 5.56 Å². The summed E-state index contributed by atoms with van der Waals surface area (Å²) in [6.45, 7) is 0.0694. The van der Waals surface area contributed by atoms with Gasteiger partial charge in [0.2, 0.25) is 0 Å². The van der Waals surface area contributed by atoms with Gasteiger partial charge in [0.05, 0.1) is 4.92 Å². The third-order valence-corrected chi connectivity index (χ3v) is 2.97. The fourth-order valence-corrected chi connectivity index (χ4v) is 1.91. The van der Waals surface area contributed by atoms with E-state index in [0.717, 1.165) is 5.56 Å². The molecule has 0 saturated carbocycles. The zero-order chi connectivity index (χ0) is 14.5. The van der Waals surface area contributed by atoms with E-state index in [0.29, 0.717) is 16.6 Å². The average Bonchev–Trinajstić information content (AvgIpc) is 2.43. The molecule has 0 aliphatic rings. The highest BCUT2D eigenvalue weighted by Gasteiger charge is 2.18. The van der Waals surface area contributed by atoms with Crippen LogP contribution in [0.25, 0.3) is 0 Å². The summed E-state index contributed by atoms with van der Waals surface area (Å²) < 4.78 is 5.93. The van der Waals surface area contributed by atoms with Crippen molar-refractivity contribution < 1.29 is 14.8 Å². The van der Waals surface area contributed by atoms with E-state index in [1.807, 2.05) is 0 Å². The number of aromatic nitrogens is 1. The van der Waals surface area contributed by atoms with Crippen LogP contribution in [0, 0.1) is 10.1 Å². The molecule has 2 rings (SSSR count). The molecule has 1 N–H and O–H groups in total. The van der Waals surface area contributed by atoms with E-state index >= 15 is 0 Å². The summed E-state index contributed by atoms with van der Waals surface area (Å²) >= 11 is 3.13. The summed E-state index contributed by atoms with van der Waals surface area (Å²) in [4.78, 5) is 14.3. The molecule has 0 saturated heterocycles. The molecule has 2 aromatic rings. The minimum atomic E-state index is -0.548. The zero-order valence-electron chi connectivity index (χ0n) is 10.3. The van der Waals surface area contributed by atoms with Gasteiger partial charge in [0.25, 0.3) is 5.88 Å². The van der Waals surface area contributed by atoms with Crippen molar-refractivity contribution in [1.29, 1.82) is 0 Å². The maximum absolute atomic E-state index is 10.9. The molecular formula is C13H11BrN2O4.